The van der Waals surface area contributed by atoms with Crippen molar-refractivity contribution < 1.29 is 0 Å². The maximum atomic E-state index is 5.48. The van der Waals surface area contributed by atoms with Crippen LogP contribution in [0.1, 0.15) is 43.5 Å². The molecule has 0 N–H and O–H groups in total. The van der Waals surface area contributed by atoms with Gasteiger partial charge in [-0.15, -0.1) is 9.24 Å². The topological polar surface area (TPSA) is 35.6 Å². The molecule has 0 saturated heterocycles. The molecule has 1 unspecified atom stereocenters. The van der Waals surface area contributed by atoms with Crippen molar-refractivity contribution >= 4 is 55.6 Å². The van der Waals surface area contributed by atoms with Crippen LogP contribution in [0.25, 0.3) is 90.9 Å². The number of hydrogen-bond acceptors (Lipinski definition) is 2. The van der Waals surface area contributed by atoms with E-state index in [0.29, 0.717) is 0 Å². The lowest BCUT2D eigenvalue weighted by Gasteiger charge is -2.12. The van der Waals surface area contributed by atoms with Gasteiger partial charge in [0.15, 0.2) is 0 Å². The molecule has 3 aromatic heterocycles. The molecule has 7 aromatic rings. The summed E-state index contributed by atoms with van der Waals surface area (Å²) < 4.78 is 4.72. The Labute approximate surface area is 327 Å². The molecule has 4 nitrogen and oxygen atoms in total. The Morgan fingerprint density at radius 1 is 0.400 bits per heavy atom. The maximum Gasteiger partial charge on any atom is 0.0737 e. The molecule has 9 rings (SSSR count). The minimum absolute atomic E-state index is 0.777. The van der Waals surface area contributed by atoms with E-state index in [2.05, 4.69) is 202 Å². The molecule has 5 heteroatoms. The molecule has 55 heavy (non-hydrogen) atoms. The summed E-state index contributed by atoms with van der Waals surface area (Å²) in [6, 6.07) is 51.6. The lowest BCUT2D eigenvalue weighted by molar-refractivity contribution is 0.826. The zero-order valence-electron chi connectivity index (χ0n) is 32.2. The third-order valence-electron chi connectivity index (χ3n) is 10.00. The molecule has 8 bridgehead atoms. The summed E-state index contributed by atoms with van der Waals surface area (Å²) >= 11 is 0. The minimum Gasteiger partial charge on any atom is -0.343 e. The Bertz CT molecular complexity index is 2470. The number of aryl methyl sites for hydroxylation is 2. The monoisotopic (exact) mass is 734 g/mol. The Balaban J connectivity index is 0.00000113. The molecule has 0 spiro atoms. The van der Waals surface area contributed by atoms with E-state index >= 15 is 0 Å². The zero-order valence-corrected chi connectivity index (χ0v) is 33.4. The van der Waals surface area contributed by atoms with Crippen molar-refractivity contribution in [1.29, 1.82) is 0 Å². The molecule has 0 radical (unpaired) electrons. The fraction of sp³-hybridized carbons (Fsp3) is 0.120. The molecule has 4 aromatic carbocycles. The Morgan fingerprint density at radius 2 is 0.655 bits per heavy atom. The van der Waals surface area contributed by atoms with Crippen molar-refractivity contribution in [3.05, 3.63) is 168 Å². The number of hydrogen-bond donors (Lipinski definition) is 0. The molecule has 272 valence electrons. The van der Waals surface area contributed by atoms with E-state index in [1.54, 1.807) is 0 Å². The van der Waals surface area contributed by atoms with Gasteiger partial charge in [-0.05, 0) is 77.7 Å². The van der Waals surface area contributed by atoms with Gasteiger partial charge in [0, 0.05) is 35.8 Å². The average molecular weight is 735 g/mol. The van der Waals surface area contributed by atoms with Crippen LogP contribution in [0.15, 0.2) is 146 Å². The molecule has 2 aliphatic heterocycles. The lowest BCUT2D eigenvalue weighted by Crippen LogP contribution is -1.98. The van der Waals surface area contributed by atoms with Gasteiger partial charge in [-0.25, -0.2) is 9.97 Å². The predicted octanol–water partition coefficient (Wildman–Crippen LogP) is 13.3. The largest absolute Gasteiger partial charge is 0.343 e. The van der Waals surface area contributed by atoms with Crippen LogP contribution in [-0.4, -0.2) is 25.8 Å². The number of rotatable bonds is 5. The quantitative estimate of drug-likeness (QED) is 0.165. The van der Waals surface area contributed by atoms with Gasteiger partial charge in [-0.2, -0.15) is 0 Å². The molecular formula is C50H47N4P. The van der Waals surface area contributed by atoms with Crippen LogP contribution < -0.4 is 0 Å². The molecule has 0 fully saturated rings. The van der Waals surface area contributed by atoms with Crippen molar-refractivity contribution in [2.24, 2.45) is 7.05 Å². The second-order valence-electron chi connectivity index (χ2n) is 12.9. The van der Waals surface area contributed by atoms with E-state index in [1.165, 1.54) is 0 Å². The molecular weight excluding hydrogens is 688 g/mol. The second kappa shape index (κ2) is 16.9. The molecule has 5 heterocycles. The normalized spacial score (nSPS) is 11.4. The summed E-state index contributed by atoms with van der Waals surface area (Å²) in [5, 5.41) is 0. The summed E-state index contributed by atoms with van der Waals surface area (Å²) in [5.41, 5.74) is 17.0. The molecule has 0 aliphatic carbocycles. The first-order valence-electron chi connectivity index (χ1n) is 19.1. The Hall–Kier alpha value is -6.09. The van der Waals surface area contributed by atoms with Gasteiger partial charge in [-0.1, -0.05) is 142 Å². The van der Waals surface area contributed by atoms with Gasteiger partial charge in [0.25, 0.3) is 0 Å². The Kier molecular flexibility index (Phi) is 11.5. The fourth-order valence-corrected chi connectivity index (χ4v) is 7.67. The number of nitrogens with zero attached hydrogens (tertiary/aromatic N) is 4. The SMILES string of the molecule is CC.CCn1c2ccc1c(-c1ccccc1)c1nc(c(-c3ccccc3)c3ccc(c(-c4ccccc4)c4nc(c2-c2ccccc2)C=C4)n3C)C=C1.CP. The third kappa shape index (κ3) is 7.02. The van der Waals surface area contributed by atoms with Crippen LogP contribution in [0, 0.1) is 0 Å². The van der Waals surface area contributed by atoms with Crippen molar-refractivity contribution in [3.63, 3.8) is 0 Å². The van der Waals surface area contributed by atoms with Crippen molar-refractivity contribution in [1.82, 2.24) is 19.1 Å². The second-order valence-corrected chi connectivity index (χ2v) is 12.9. The fourth-order valence-electron chi connectivity index (χ4n) is 7.67. The Morgan fingerprint density at radius 3 is 0.927 bits per heavy atom. The zero-order chi connectivity index (χ0) is 38.3. The number of aromatic nitrogens is 4. The van der Waals surface area contributed by atoms with Gasteiger partial charge in [-0.3, -0.25) is 0 Å². The third-order valence-corrected chi connectivity index (χ3v) is 10.00. The van der Waals surface area contributed by atoms with E-state index in [1.807, 2.05) is 20.5 Å². The van der Waals surface area contributed by atoms with E-state index in [0.717, 1.165) is 95.9 Å². The summed E-state index contributed by atoms with van der Waals surface area (Å²) in [5.74, 6) is 0. The van der Waals surface area contributed by atoms with Gasteiger partial charge in [0.2, 0.25) is 0 Å². The van der Waals surface area contributed by atoms with E-state index in [-0.39, 0.29) is 0 Å². The number of benzene rings is 4. The van der Waals surface area contributed by atoms with Gasteiger partial charge in [0.05, 0.1) is 44.8 Å². The maximum absolute atomic E-state index is 5.48. The van der Waals surface area contributed by atoms with Crippen LogP contribution in [-0.2, 0) is 13.6 Å². The summed E-state index contributed by atoms with van der Waals surface area (Å²) in [6.07, 6.45) is 8.73. The van der Waals surface area contributed by atoms with Crippen molar-refractivity contribution in [2.45, 2.75) is 27.3 Å². The average Bonchev–Trinajstić information content (AvgIpc) is 4.08. The highest BCUT2D eigenvalue weighted by Gasteiger charge is 2.21. The molecule has 0 saturated carbocycles. The van der Waals surface area contributed by atoms with Gasteiger partial charge < -0.3 is 9.13 Å². The van der Waals surface area contributed by atoms with Crippen LogP contribution in [0.2, 0.25) is 0 Å². The number of fused-ring (bicyclic) bond motifs is 8. The summed E-state index contributed by atoms with van der Waals surface area (Å²) in [7, 11) is 4.57. The first-order valence-corrected chi connectivity index (χ1v) is 20.3. The minimum atomic E-state index is 0.777. The van der Waals surface area contributed by atoms with Crippen molar-refractivity contribution in [2.75, 3.05) is 6.66 Å². The van der Waals surface area contributed by atoms with E-state index < -0.39 is 0 Å². The van der Waals surface area contributed by atoms with Crippen LogP contribution in [0.3, 0.4) is 0 Å². The lowest BCUT2D eigenvalue weighted by atomic mass is 10.0. The van der Waals surface area contributed by atoms with Crippen LogP contribution >= 0.6 is 9.24 Å². The van der Waals surface area contributed by atoms with Gasteiger partial charge in [0.1, 0.15) is 0 Å². The standard InChI is InChI=1S/C47H36N4.C2H6.CH5P/c1-3-51-42-30-31-43(51)47(35-22-14-7-15-23-35)39-27-25-37(49-39)45(33-18-10-5-11-19-33)41-29-28-40(50(41)2)44(32-16-8-4-9-17-32)36-24-26-38(48-36)46(42)34-20-12-6-13-21-34;2*1-2/h4-31H,3H2,1-2H3;1-2H3;2H2,1H3. The summed E-state index contributed by atoms with van der Waals surface area (Å²) in [6.45, 7) is 8.91. The molecule has 2 aliphatic rings. The van der Waals surface area contributed by atoms with E-state index in [9.17, 15) is 0 Å². The van der Waals surface area contributed by atoms with Crippen LogP contribution in [0.4, 0.5) is 0 Å². The highest BCUT2D eigenvalue weighted by Crippen LogP contribution is 2.40. The molecule has 1 atom stereocenters. The van der Waals surface area contributed by atoms with Crippen molar-refractivity contribution in [3.8, 4) is 44.5 Å². The first-order chi connectivity index (χ1) is 27.2. The first kappa shape index (κ1) is 37.2. The molecule has 0 amide bonds. The smallest absolute Gasteiger partial charge is 0.0737 e. The van der Waals surface area contributed by atoms with Crippen LogP contribution in [0.5, 0.6) is 0 Å². The van der Waals surface area contributed by atoms with Gasteiger partial charge >= 0.3 is 0 Å². The highest BCUT2D eigenvalue weighted by atomic mass is 31.0. The summed E-state index contributed by atoms with van der Waals surface area (Å²) in [4.78, 5) is 11.0. The van der Waals surface area contributed by atoms with E-state index in [4.69, 9.17) is 9.97 Å². The predicted molar refractivity (Wildman–Crippen MR) is 242 cm³/mol. The highest BCUT2D eigenvalue weighted by molar-refractivity contribution is 7.15.